The van der Waals surface area contributed by atoms with E-state index in [1.54, 1.807) is 6.07 Å². The van der Waals surface area contributed by atoms with Crippen LogP contribution in [0.25, 0.3) is 0 Å². The Morgan fingerprint density at radius 1 is 0.862 bits per heavy atom. The summed E-state index contributed by atoms with van der Waals surface area (Å²) in [6.45, 7) is 5.70. The Balaban J connectivity index is 1.73. The first-order chi connectivity index (χ1) is 13.8. The van der Waals surface area contributed by atoms with Crippen LogP contribution >= 0.6 is 0 Å². The Labute approximate surface area is 171 Å². The summed E-state index contributed by atoms with van der Waals surface area (Å²) in [4.78, 5) is 12.6. The number of hydrogen-bond donors (Lipinski definition) is 2. The van der Waals surface area contributed by atoms with Gasteiger partial charge in [-0.15, -0.1) is 0 Å². The summed E-state index contributed by atoms with van der Waals surface area (Å²) < 4.78 is 28.0. The largest absolute Gasteiger partial charge is 0.346 e. The van der Waals surface area contributed by atoms with Crippen LogP contribution in [0.15, 0.2) is 77.7 Å². The molecule has 0 heterocycles. The molecular weight excluding hydrogens is 384 g/mol. The van der Waals surface area contributed by atoms with Crippen LogP contribution in [0.3, 0.4) is 0 Å². The van der Waals surface area contributed by atoms with Crippen molar-refractivity contribution in [1.29, 1.82) is 0 Å². The molecule has 3 rings (SSSR count). The Morgan fingerprint density at radius 2 is 1.52 bits per heavy atom. The number of nitrogens with one attached hydrogen (secondary N) is 2. The van der Waals surface area contributed by atoms with Crippen LogP contribution in [0.2, 0.25) is 0 Å². The fourth-order valence-electron chi connectivity index (χ4n) is 2.96. The minimum absolute atomic E-state index is 0.103. The molecule has 29 heavy (non-hydrogen) atoms. The molecule has 0 spiro atoms. The molecule has 0 bridgehead atoms. The maximum atomic E-state index is 12.7. The van der Waals surface area contributed by atoms with Crippen molar-refractivity contribution in [2.24, 2.45) is 0 Å². The zero-order valence-electron chi connectivity index (χ0n) is 16.6. The summed E-state index contributed by atoms with van der Waals surface area (Å²) >= 11 is 0. The predicted molar refractivity (Wildman–Crippen MR) is 115 cm³/mol. The van der Waals surface area contributed by atoms with Gasteiger partial charge in [-0.1, -0.05) is 42.5 Å². The molecule has 150 valence electrons. The van der Waals surface area contributed by atoms with Crippen molar-refractivity contribution >= 4 is 21.6 Å². The first kappa shape index (κ1) is 20.6. The Morgan fingerprint density at radius 3 is 2.17 bits per heavy atom. The topological polar surface area (TPSA) is 75.3 Å². The van der Waals surface area contributed by atoms with Gasteiger partial charge in [0.15, 0.2) is 0 Å². The van der Waals surface area contributed by atoms with Crippen molar-refractivity contribution in [3.05, 3.63) is 95.1 Å². The number of sulfonamides is 1. The highest BCUT2D eigenvalue weighted by Gasteiger charge is 2.17. The number of rotatable bonds is 6. The number of anilines is 1. The highest BCUT2D eigenvalue weighted by Crippen LogP contribution is 2.22. The zero-order valence-corrected chi connectivity index (χ0v) is 17.5. The second-order valence-electron chi connectivity index (χ2n) is 6.98. The third-order valence-corrected chi connectivity index (χ3v) is 6.30. The first-order valence-electron chi connectivity index (χ1n) is 9.33. The molecule has 0 aliphatic carbocycles. The number of amides is 1. The van der Waals surface area contributed by atoms with E-state index < -0.39 is 10.0 Å². The van der Waals surface area contributed by atoms with Gasteiger partial charge in [-0.2, -0.15) is 0 Å². The van der Waals surface area contributed by atoms with Gasteiger partial charge in [0.1, 0.15) is 0 Å². The molecule has 6 heteroatoms. The SMILES string of the molecule is Cc1cccc(NS(=O)(=O)c2ccc(C(=O)N[C@H](C)c3ccccc3)cc2)c1C. The Hall–Kier alpha value is -3.12. The lowest BCUT2D eigenvalue weighted by atomic mass is 10.1. The van der Waals surface area contributed by atoms with Gasteiger partial charge in [-0.25, -0.2) is 8.42 Å². The lowest BCUT2D eigenvalue weighted by Crippen LogP contribution is -2.26. The molecule has 2 N–H and O–H groups in total. The predicted octanol–water partition coefficient (Wildman–Crippen LogP) is 4.60. The van der Waals surface area contributed by atoms with E-state index in [1.807, 2.05) is 63.2 Å². The third-order valence-electron chi connectivity index (χ3n) is 4.92. The van der Waals surface area contributed by atoms with Crippen molar-refractivity contribution < 1.29 is 13.2 Å². The van der Waals surface area contributed by atoms with E-state index in [9.17, 15) is 13.2 Å². The molecule has 0 aliphatic rings. The second-order valence-corrected chi connectivity index (χ2v) is 8.67. The van der Waals surface area contributed by atoms with Crippen LogP contribution in [-0.2, 0) is 10.0 Å². The fraction of sp³-hybridized carbons (Fsp3) is 0.174. The van der Waals surface area contributed by atoms with E-state index in [2.05, 4.69) is 10.0 Å². The van der Waals surface area contributed by atoms with Crippen LogP contribution in [0.1, 0.15) is 40.0 Å². The summed E-state index contributed by atoms with van der Waals surface area (Å²) in [5, 5.41) is 2.92. The van der Waals surface area contributed by atoms with Crippen molar-refractivity contribution in [3.63, 3.8) is 0 Å². The number of aryl methyl sites for hydroxylation is 1. The fourth-order valence-corrected chi connectivity index (χ4v) is 4.08. The van der Waals surface area contributed by atoms with E-state index >= 15 is 0 Å². The van der Waals surface area contributed by atoms with Crippen molar-refractivity contribution in [3.8, 4) is 0 Å². The summed E-state index contributed by atoms with van der Waals surface area (Å²) in [6, 6.07) is 20.9. The average molecular weight is 409 g/mol. The number of benzene rings is 3. The van der Waals surface area contributed by atoms with Crippen LogP contribution in [0, 0.1) is 13.8 Å². The maximum Gasteiger partial charge on any atom is 0.261 e. The Bertz CT molecular complexity index is 1110. The van der Waals surface area contributed by atoms with Gasteiger partial charge in [-0.3, -0.25) is 9.52 Å². The van der Waals surface area contributed by atoms with Crippen molar-refractivity contribution in [2.45, 2.75) is 31.7 Å². The summed E-state index contributed by atoms with van der Waals surface area (Å²) in [5.41, 5.74) is 3.83. The minimum Gasteiger partial charge on any atom is -0.346 e. The molecule has 0 aliphatic heterocycles. The Kier molecular flexibility index (Phi) is 6.03. The van der Waals surface area contributed by atoms with Crippen molar-refractivity contribution in [2.75, 3.05) is 4.72 Å². The minimum atomic E-state index is -3.74. The second kappa shape index (κ2) is 8.49. The molecule has 3 aromatic rings. The number of hydrogen-bond acceptors (Lipinski definition) is 3. The van der Waals surface area contributed by atoms with Gasteiger partial charge in [0.25, 0.3) is 15.9 Å². The van der Waals surface area contributed by atoms with E-state index in [0.717, 1.165) is 16.7 Å². The van der Waals surface area contributed by atoms with Gasteiger partial charge < -0.3 is 5.32 Å². The summed E-state index contributed by atoms with van der Waals surface area (Å²) in [7, 11) is -3.74. The number of carbonyl (C=O) groups excluding carboxylic acids is 1. The summed E-state index contributed by atoms with van der Waals surface area (Å²) in [6.07, 6.45) is 0. The number of carbonyl (C=O) groups is 1. The van der Waals surface area contributed by atoms with Crippen molar-refractivity contribution in [1.82, 2.24) is 5.32 Å². The van der Waals surface area contributed by atoms with Crippen LogP contribution < -0.4 is 10.0 Å². The van der Waals surface area contributed by atoms with Crippen LogP contribution in [0.4, 0.5) is 5.69 Å². The van der Waals surface area contributed by atoms with Crippen LogP contribution in [-0.4, -0.2) is 14.3 Å². The standard InChI is InChI=1S/C23H24N2O3S/c1-16-8-7-11-22(17(16)2)25-29(27,28)21-14-12-20(13-15-21)23(26)24-18(3)19-9-5-4-6-10-19/h4-15,18,25H,1-3H3,(H,24,26)/t18-/m1/s1. The van der Waals surface area contributed by atoms with E-state index in [4.69, 9.17) is 0 Å². The molecule has 3 aromatic carbocycles. The molecule has 0 aromatic heterocycles. The molecule has 0 radical (unpaired) electrons. The highest BCUT2D eigenvalue weighted by atomic mass is 32.2. The molecule has 0 fully saturated rings. The van der Waals surface area contributed by atoms with E-state index in [1.165, 1.54) is 24.3 Å². The van der Waals surface area contributed by atoms with Gasteiger partial charge in [0.2, 0.25) is 0 Å². The van der Waals surface area contributed by atoms with Gasteiger partial charge in [0, 0.05) is 5.56 Å². The van der Waals surface area contributed by atoms with Gasteiger partial charge in [0.05, 0.1) is 16.6 Å². The lowest BCUT2D eigenvalue weighted by Gasteiger charge is -2.15. The lowest BCUT2D eigenvalue weighted by molar-refractivity contribution is 0.0940. The first-order valence-corrected chi connectivity index (χ1v) is 10.8. The average Bonchev–Trinajstić information content (AvgIpc) is 2.72. The third kappa shape index (κ3) is 4.84. The summed E-state index contributed by atoms with van der Waals surface area (Å²) in [5.74, 6) is -0.257. The molecule has 1 amide bonds. The maximum absolute atomic E-state index is 12.7. The molecule has 0 unspecified atom stereocenters. The van der Waals surface area contributed by atoms with E-state index in [-0.39, 0.29) is 16.8 Å². The molecular formula is C23H24N2O3S. The highest BCUT2D eigenvalue weighted by molar-refractivity contribution is 7.92. The van der Waals surface area contributed by atoms with E-state index in [0.29, 0.717) is 11.3 Å². The quantitative estimate of drug-likeness (QED) is 0.626. The zero-order chi connectivity index (χ0) is 21.0. The molecule has 0 saturated heterocycles. The normalized spacial score (nSPS) is 12.2. The smallest absolute Gasteiger partial charge is 0.261 e. The monoisotopic (exact) mass is 408 g/mol. The van der Waals surface area contributed by atoms with Crippen LogP contribution in [0.5, 0.6) is 0 Å². The van der Waals surface area contributed by atoms with Gasteiger partial charge in [-0.05, 0) is 67.8 Å². The molecule has 0 saturated carbocycles. The molecule has 5 nitrogen and oxygen atoms in total. The van der Waals surface area contributed by atoms with Gasteiger partial charge >= 0.3 is 0 Å². The molecule has 1 atom stereocenters.